The summed E-state index contributed by atoms with van der Waals surface area (Å²) in [5, 5.41) is 4.88. The molecule has 0 bridgehead atoms. The van der Waals surface area contributed by atoms with Crippen LogP contribution >= 0.6 is 0 Å². The maximum Gasteiger partial charge on any atom is 0.277 e. The van der Waals surface area contributed by atoms with Gasteiger partial charge in [-0.1, -0.05) is 19.8 Å². The van der Waals surface area contributed by atoms with Gasteiger partial charge < -0.3 is 19.4 Å². The highest BCUT2D eigenvalue weighted by atomic mass is 16.5. The predicted octanol–water partition coefficient (Wildman–Crippen LogP) is 3.15. The second-order valence-electron chi connectivity index (χ2n) is 8.30. The summed E-state index contributed by atoms with van der Waals surface area (Å²) >= 11 is 0. The molecule has 3 heterocycles. The lowest BCUT2D eigenvalue weighted by Gasteiger charge is -2.30. The zero-order valence-electron chi connectivity index (χ0n) is 18.2. The van der Waals surface area contributed by atoms with Gasteiger partial charge in [-0.05, 0) is 37.5 Å². The first kappa shape index (κ1) is 20.1. The number of methoxy groups -OCH3 is 1. The molecule has 1 saturated heterocycles. The Morgan fingerprint density at radius 3 is 2.71 bits per heavy atom. The lowest BCUT2D eigenvalue weighted by Crippen LogP contribution is -2.36. The molecule has 3 aromatic rings. The van der Waals surface area contributed by atoms with Crippen LogP contribution in [0, 0.1) is 0 Å². The highest BCUT2D eigenvalue weighted by molar-refractivity contribution is 5.69. The number of fused-ring (bicyclic) bond motifs is 1. The van der Waals surface area contributed by atoms with E-state index in [0.29, 0.717) is 36.9 Å². The van der Waals surface area contributed by atoms with Crippen LogP contribution in [0.25, 0.3) is 16.9 Å². The maximum absolute atomic E-state index is 13.1. The minimum absolute atomic E-state index is 0.137. The van der Waals surface area contributed by atoms with E-state index in [0.717, 1.165) is 54.4 Å². The first-order chi connectivity index (χ1) is 15.2. The topological polar surface area (TPSA) is 84.8 Å². The van der Waals surface area contributed by atoms with Crippen molar-refractivity contribution in [2.24, 2.45) is 0 Å². The number of aromatic amines is 1. The van der Waals surface area contributed by atoms with Crippen molar-refractivity contribution in [1.82, 2.24) is 19.6 Å². The van der Waals surface area contributed by atoms with E-state index >= 15 is 0 Å². The standard InChI is InChI=1S/C23H29N5O3/c1-3-17-20-23(29)25-21(26-28(20)22(24-17)15-6-4-5-7-15)16-8-9-19(30-2)18(14-16)27-10-12-31-13-11-27/h8-9,14-15H,3-7,10-13H2,1-2H3,(H,25,26,29). The van der Waals surface area contributed by atoms with Crippen LogP contribution < -0.4 is 15.2 Å². The number of imidazole rings is 1. The summed E-state index contributed by atoms with van der Waals surface area (Å²) in [6.45, 7) is 5.01. The number of rotatable bonds is 5. The number of aromatic nitrogens is 4. The first-order valence-corrected chi connectivity index (χ1v) is 11.2. The summed E-state index contributed by atoms with van der Waals surface area (Å²) in [4.78, 5) is 23.2. The number of morpholine rings is 1. The number of aryl methyl sites for hydroxylation is 1. The van der Waals surface area contributed by atoms with Crippen LogP contribution in [0.4, 0.5) is 5.69 Å². The van der Waals surface area contributed by atoms with E-state index in [-0.39, 0.29) is 5.56 Å². The van der Waals surface area contributed by atoms with Crippen molar-refractivity contribution < 1.29 is 9.47 Å². The molecule has 2 fully saturated rings. The Labute approximate surface area is 181 Å². The second kappa shape index (κ2) is 8.34. The molecule has 0 amide bonds. The highest BCUT2D eigenvalue weighted by Gasteiger charge is 2.26. The third kappa shape index (κ3) is 3.59. The van der Waals surface area contributed by atoms with Gasteiger partial charge in [0.1, 0.15) is 11.6 Å². The Bertz CT molecular complexity index is 1140. The average Bonchev–Trinajstić information content (AvgIpc) is 3.47. The van der Waals surface area contributed by atoms with Crippen molar-refractivity contribution in [3.8, 4) is 17.1 Å². The molecule has 1 aliphatic carbocycles. The third-order valence-electron chi connectivity index (χ3n) is 6.46. The second-order valence-corrected chi connectivity index (χ2v) is 8.30. The molecular weight excluding hydrogens is 394 g/mol. The maximum atomic E-state index is 13.1. The van der Waals surface area contributed by atoms with E-state index in [1.807, 2.05) is 29.6 Å². The molecule has 2 aromatic heterocycles. The lowest BCUT2D eigenvalue weighted by atomic mass is 10.1. The molecular formula is C23H29N5O3. The Balaban J connectivity index is 1.63. The van der Waals surface area contributed by atoms with Gasteiger partial charge >= 0.3 is 0 Å². The van der Waals surface area contributed by atoms with Crippen LogP contribution in [-0.2, 0) is 11.2 Å². The first-order valence-electron chi connectivity index (χ1n) is 11.2. The van der Waals surface area contributed by atoms with Crippen molar-refractivity contribution in [3.63, 3.8) is 0 Å². The van der Waals surface area contributed by atoms with Crippen LogP contribution in [0.1, 0.15) is 50.0 Å². The van der Waals surface area contributed by atoms with Crippen molar-refractivity contribution in [2.75, 3.05) is 38.3 Å². The Morgan fingerprint density at radius 2 is 2.00 bits per heavy atom. The number of hydrogen-bond donors (Lipinski definition) is 1. The Morgan fingerprint density at radius 1 is 1.23 bits per heavy atom. The minimum atomic E-state index is -0.137. The molecule has 8 heteroatoms. The molecule has 5 rings (SSSR count). The SMILES string of the molecule is CCc1nc(C2CCCC2)n2nc(-c3ccc(OC)c(N4CCOCC4)c3)[nH]c(=O)c12. The van der Waals surface area contributed by atoms with Crippen LogP contribution in [0.5, 0.6) is 5.75 Å². The highest BCUT2D eigenvalue weighted by Crippen LogP contribution is 2.35. The fourth-order valence-electron chi connectivity index (χ4n) is 4.81. The van der Waals surface area contributed by atoms with Gasteiger partial charge in [-0.25, -0.2) is 9.50 Å². The number of benzene rings is 1. The zero-order valence-corrected chi connectivity index (χ0v) is 18.2. The van der Waals surface area contributed by atoms with Gasteiger partial charge in [-0.15, -0.1) is 5.10 Å². The van der Waals surface area contributed by atoms with Crippen LogP contribution in [0.2, 0.25) is 0 Å². The van der Waals surface area contributed by atoms with E-state index < -0.39 is 0 Å². The van der Waals surface area contributed by atoms with Gasteiger partial charge in [-0.3, -0.25) is 4.79 Å². The molecule has 1 aliphatic heterocycles. The average molecular weight is 424 g/mol. The molecule has 164 valence electrons. The van der Waals surface area contributed by atoms with Gasteiger partial charge in [-0.2, -0.15) is 0 Å². The van der Waals surface area contributed by atoms with Gasteiger partial charge in [0, 0.05) is 24.6 Å². The molecule has 1 saturated carbocycles. The van der Waals surface area contributed by atoms with Gasteiger partial charge in [0.25, 0.3) is 5.56 Å². The molecule has 0 radical (unpaired) electrons. The number of nitrogens with one attached hydrogen (secondary N) is 1. The smallest absolute Gasteiger partial charge is 0.277 e. The minimum Gasteiger partial charge on any atom is -0.495 e. The van der Waals surface area contributed by atoms with Crippen LogP contribution in [0.15, 0.2) is 23.0 Å². The number of hydrogen-bond acceptors (Lipinski definition) is 6. The van der Waals surface area contributed by atoms with Crippen molar-refractivity contribution in [2.45, 2.75) is 44.9 Å². The van der Waals surface area contributed by atoms with E-state index in [1.54, 1.807) is 7.11 Å². The normalized spacial score (nSPS) is 17.5. The molecule has 31 heavy (non-hydrogen) atoms. The molecule has 1 N–H and O–H groups in total. The summed E-state index contributed by atoms with van der Waals surface area (Å²) in [6, 6.07) is 5.93. The third-order valence-corrected chi connectivity index (χ3v) is 6.46. The fraction of sp³-hybridized carbons (Fsp3) is 0.522. The Kier molecular flexibility index (Phi) is 5.40. The summed E-state index contributed by atoms with van der Waals surface area (Å²) in [5.41, 5.74) is 3.11. The molecule has 0 atom stereocenters. The van der Waals surface area contributed by atoms with Gasteiger partial charge in [0.2, 0.25) is 0 Å². The van der Waals surface area contributed by atoms with Crippen molar-refractivity contribution in [1.29, 1.82) is 0 Å². The fourth-order valence-corrected chi connectivity index (χ4v) is 4.81. The lowest BCUT2D eigenvalue weighted by molar-refractivity contribution is 0.122. The molecule has 0 unspecified atom stereocenters. The van der Waals surface area contributed by atoms with Crippen molar-refractivity contribution >= 4 is 11.2 Å². The van der Waals surface area contributed by atoms with E-state index in [9.17, 15) is 4.79 Å². The molecule has 1 aromatic carbocycles. The molecule has 2 aliphatic rings. The van der Waals surface area contributed by atoms with Crippen molar-refractivity contribution in [3.05, 3.63) is 40.1 Å². The predicted molar refractivity (Wildman–Crippen MR) is 119 cm³/mol. The number of H-pyrrole nitrogens is 1. The largest absolute Gasteiger partial charge is 0.495 e. The number of nitrogens with zero attached hydrogens (tertiary/aromatic N) is 4. The van der Waals surface area contributed by atoms with E-state index in [2.05, 4.69) is 9.88 Å². The van der Waals surface area contributed by atoms with E-state index in [1.165, 1.54) is 12.8 Å². The van der Waals surface area contributed by atoms with E-state index in [4.69, 9.17) is 19.6 Å². The molecule has 8 nitrogen and oxygen atoms in total. The van der Waals surface area contributed by atoms with Crippen LogP contribution in [0.3, 0.4) is 0 Å². The number of ether oxygens (including phenoxy) is 2. The Hall–Kier alpha value is -2.87. The summed E-state index contributed by atoms with van der Waals surface area (Å²) in [7, 11) is 1.68. The monoisotopic (exact) mass is 423 g/mol. The zero-order chi connectivity index (χ0) is 21.4. The van der Waals surface area contributed by atoms with Crippen LogP contribution in [-0.4, -0.2) is 53.0 Å². The quantitative estimate of drug-likeness (QED) is 0.679. The van der Waals surface area contributed by atoms with Gasteiger partial charge in [0.15, 0.2) is 11.3 Å². The van der Waals surface area contributed by atoms with Gasteiger partial charge in [0.05, 0.1) is 31.7 Å². The summed E-state index contributed by atoms with van der Waals surface area (Å²) < 4.78 is 12.9. The summed E-state index contributed by atoms with van der Waals surface area (Å²) in [5.74, 6) is 2.65. The number of anilines is 1. The molecule has 0 spiro atoms. The summed E-state index contributed by atoms with van der Waals surface area (Å²) in [6.07, 6.45) is 5.34.